The van der Waals surface area contributed by atoms with Crippen molar-refractivity contribution in [2.24, 2.45) is 5.92 Å². The van der Waals surface area contributed by atoms with Crippen molar-refractivity contribution in [3.8, 4) is 0 Å². The van der Waals surface area contributed by atoms with Crippen molar-refractivity contribution in [1.82, 2.24) is 0 Å². The standard InChI is InChI=1S/C34H68O2/c1-4-7-10-13-16-18-20-22-25-28-31-33(30-27-24-15-12-9-6-3)34(35)36-32-29-26-23-21-19-17-14-11-8-5-2/h33H,4-32H2,1-3H3. The van der Waals surface area contributed by atoms with Gasteiger partial charge < -0.3 is 4.74 Å². The monoisotopic (exact) mass is 509 g/mol. The molecule has 0 saturated carbocycles. The SMILES string of the molecule is CCCCCCCCCCCCOC(=O)C(CCCCCCCC)CCCCCCCCCCCC. The molecule has 1 unspecified atom stereocenters. The third-order valence-corrected chi connectivity index (χ3v) is 7.89. The summed E-state index contributed by atoms with van der Waals surface area (Å²) in [6.45, 7) is 7.47. The molecule has 36 heavy (non-hydrogen) atoms. The zero-order valence-electron chi connectivity index (χ0n) is 25.4. The normalized spacial score (nSPS) is 12.2. The summed E-state index contributed by atoms with van der Waals surface area (Å²) < 4.78 is 5.78. The van der Waals surface area contributed by atoms with Gasteiger partial charge >= 0.3 is 5.97 Å². The molecule has 0 amide bonds. The van der Waals surface area contributed by atoms with Crippen molar-refractivity contribution in [3.63, 3.8) is 0 Å². The van der Waals surface area contributed by atoms with Gasteiger partial charge in [-0.2, -0.15) is 0 Å². The second-order valence-electron chi connectivity index (χ2n) is 11.6. The average molecular weight is 509 g/mol. The largest absolute Gasteiger partial charge is 0.465 e. The molecule has 0 aromatic rings. The van der Waals surface area contributed by atoms with Crippen molar-refractivity contribution < 1.29 is 9.53 Å². The molecule has 1 atom stereocenters. The first-order valence-corrected chi connectivity index (χ1v) is 16.9. The lowest BCUT2D eigenvalue weighted by atomic mass is 9.94. The molecule has 2 heteroatoms. The van der Waals surface area contributed by atoms with Crippen molar-refractivity contribution in [1.29, 1.82) is 0 Å². The third kappa shape index (κ3) is 26.5. The minimum Gasteiger partial charge on any atom is -0.465 e. The number of ether oxygens (including phenoxy) is 1. The smallest absolute Gasteiger partial charge is 0.308 e. The molecule has 216 valence electrons. The van der Waals surface area contributed by atoms with Crippen LogP contribution >= 0.6 is 0 Å². The first-order chi connectivity index (χ1) is 17.8. The van der Waals surface area contributed by atoms with E-state index in [9.17, 15) is 4.79 Å². The molecular weight excluding hydrogens is 440 g/mol. The predicted octanol–water partition coefficient (Wildman–Crippen LogP) is 12.1. The summed E-state index contributed by atoms with van der Waals surface area (Å²) in [7, 11) is 0. The Bertz CT molecular complexity index is 419. The zero-order valence-corrected chi connectivity index (χ0v) is 25.4. The van der Waals surface area contributed by atoms with Crippen molar-refractivity contribution in [2.45, 2.75) is 201 Å². The Balaban J connectivity index is 3.96. The van der Waals surface area contributed by atoms with E-state index in [1.807, 2.05) is 0 Å². The average Bonchev–Trinajstić information content (AvgIpc) is 2.89. The quantitative estimate of drug-likeness (QED) is 0.0712. The summed E-state index contributed by atoms with van der Waals surface area (Å²) in [5.41, 5.74) is 0. The summed E-state index contributed by atoms with van der Waals surface area (Å²) in [5, 5.41) is 0. The van der Waals surface area contributed by atoms with Crippen LogP contribution in [0.1, 0.15) is 201 Å². The van der Waals surface area contributed by atoms with Gasteiger partial charge in [0.15, 0.2) is 0 Å². The van der Waals surface area contributed by atoms with Crippen molar-refractivity contribution >= 4 is 5.97 Å². The molecule has 0 aromatic carbocycles. The van der Waals surface area contributed by atoms with Gasteiger partial charge in [-0.05, 0) is 19.3 Å². The minimum absolute atomic E-state index is 0.107. The van der Waals surface area contributed by atoms with E-state index in [1.54, 1.807) is 0 Å². The van der Waals surface area contributed by atoms with Crippen LogP contribution in [0.15, 0.2) is 0 Å². The van der Waals surface area contributed by atoms with Gasteiger partial charge in [0, 0.05) is 0 Å². The Morgan fingerprint density at radius 3 is 1.03 bits per heavy atom. The summed E-state index contributed by atoms with van der Waals surface area (Å²) in [6.07, 6.45) is 36.7. The first kappa shape index (κ1) is 35.5. The zero-order chi connectivity index (χ0) is 26.4. The molecule has 2 nitrogen and oxygen atoms in total. The summed E-state index contributed by atoms with van der Waals surface area (Å²) in [6, 6.07) is 0. The van der Waals surface area contributed by atoms with Crippen LogP contribution in [0.4, 0.5) is 0 Å². The Morgan fingerprint density at radius 2 is 0.694 bits per heavy atom. The lowest BCUT2D eigenvalue weighted by molar-refractivity contribution is -0.149. The summed E-state index contributed by atoms with van der Waals surface area (Å²) >= 11 is 0. The van der Waals surface area contributed by atoms with E-state index in [-0.39, 0.29) is 11.9 Å². The second kappa shape index (κ2) is 30.7. The van der Waals surface area contributed by atoms with Gasteiger partial charge in [-0.25, -0.2) is 0 Å². The predicted molar refractivity (Wildman–Crippen MR) is 161 cm³/mol. The van der Waals surface area contributed by atoms with E-state index in [0.717, 1.165) is 19.3 Å². The van der Waals surface area contributed by atoms with Crippen LogP contribution in [-0.2, 0) is 9.53 Å². The van der Waals surface area contributed by atoms with Crippen molar-refractivity contribution in [2.75, 3.05) is 6.61 Å². The Morgan fingerprint density at radius 1 is 0.417 bits per heavy atom. The molecule has 0 fully saturated rings. The van der Waals surface area contributed by atoms with E-state index in [0.29, 0.717) is 6.61 Å². The molecule has 0 N–H and O–H groups in total. The maximum Gasteiger partial charge on any atom is 0.308 e. The van der Waals surface area contributed by atoms with Gasteiger partial charge in [-0.1, -0.05) is 181 Å². The van der Waals surface area contributed by atoms with Gasteiger partial charge in [0.25, 0.3) is 0 Å². The van der Waals surface area contributed by atoms with Gasteiger partial charge in [-0.15, -0.1) is 0 Å². The molecule has 0 aliphatic heterocycles. The van der Waals surface area contributed by atoms with E-state index in [1.165, 1.54) is 161 Å². The van der Waals surface area contributed by atoms with Gasteiger partial charge in [-0.3, -0.25) is 4.79 Å². The maximum absolute atomic E-state index is 12.8. The fourth-order valence-electron chi connectivity index (χ4n) is 5.31. The molecule has 0 aliphatic rings. The van der Waals surface area contributed by atoms with Gasteiger partial charge in [0.2, 0.25) is 0 Å². The van der Waals surface area contributed by atoms with Crippen LogP contribution in [0.2, 0.25) is 0 Å². The highest BCUT2D eigenvalue weighted by atomic mass is 16.5. The first-order valence-electron chi connectivity index (χ1n) is 16.9. The van der Waals surface area contributed by atoms with Crippen LogP contribution in [0.3, 0.4) is 0 Å². The number of rotatable bonds is 30. The van der Waals surface area contributed by atoms with Crippen LogP contribution in [0, 0.1) is 5.92 Å². The molecular formula is C34H68O2. The van der Waals surface area contributed by atoms with E-state index in [2.05, 4.69) is 20.8 Å². The molecule has 0 bridgehead atoms. The molecule has 0 radical (unpaired) electrons. The molecule has 0 spiro atoms. The van der Waals surface area contributed by atoms with Crippen molar-refractivity contribution in [3.05, 3.63) is 0 Å². The molecule has 0 rings (SSSR count). The molecule has 0 aliphatic carbocycles. The number of esters is 1. The number of hydrogen-bond donors (Lipinski definition) is 0. The Labute approximate surface area is 228 Å². The second-order valence-corrected chi connectivity index (χ2v) is 11.6. The fourth-order valence-corrected chi connectivity index (χ4v) is 5.31. The number of carbonyl (C=O) groups is 1. The van der Waals surface area contributed by atoms with Crippen LogP contribution in [0.5, 0.6) is 0 Å². The van der Waals surface area contributed by atoms with E-state index < -0.39 is 0 Å². The van der Waals surface area contributed by atoms with Crippen LogP contribution < -0.4 is 0 Å². The highest BCUT2D eigenvalue weighted by molar-refractivity contribution is 5.72. The lowest BCUT2D eigenvalue weighted by Crippen LogP contribution is -2.18. The number of unbranched alkanes of at least 4 members (excludes halogenated alkanes) is 23. The Kier molecular flexibility index (Phi) is 30.2. The molecule has 0 heterocycles. The van der Waals surface area contributed by atoms with Crippen LogP contribution in [-0.4, -0.2) is 12.6 Å². The molecule has 0 aromatic heterocycles. The van der Waals surface area contributed by atoms with E-state index >= 15 is 0 Å². The minimum atomic E-state index is 0.107. The maximum atomic E-state index is 12.8. The van der Waals surface area contributed by atoms with Gasteiger partial charge in [0.1, 0.15) is 0 Å². The fraction of sp³-hybridized carbons (Fsp3) is 0.971. The Hall–Kier alpha value is -0.530. The van der Waals surface area contributed by atoms with Gasteiger partial charge in [0.05, 0.1) is 12.5 Å². The topological polar surface area (TPSA) is 26.3 Å². The molecule has 0 saturated heterocycles. The third-order valence-electron chi connectivity index (χ3n) is 7.89. The highest BCUT2D eigenvalue weighted by Gasteiger charge is 2.19. The number of carbonyl (C=O) groups excluding carboxylic acids is 1. The number of hydrogen-bond acceptors (Lipinski definition) is 2. The highest BCUT2D eigenvalue weighted by Crippen LogP contribution is 2.21. The van der Waals surface area contributed by atoms with Crippen LogP contribution in [0.25, 0.3) is 0 Å². The summed E-state index contributed by atoms with van der Waals surface area (Å²) in [5.74, 6) is 0.253. The lowest BCUT2D eigenvalue weighted by Gasteiger charge is -2.16. The summed E-state index contributed by atoms with van der Waals surface area (Å²) in [4.78, 5) is 12.8. The van der Waals surface area contributed by atoms with E-state index in [4.69, 9.17) is 4.74 Å².